The van der Waals surface area contributed by atoms with Crippen LogP contribution in [0.25, 0.3) is 0 Å². The molecule has 0 rings (SSSR count). The summed E-state index contributed by atoms with van der Waals surface area (Å²) >= 11 is 0. The van der Waals surface area contributed by atoms with Crippen LogP contribution in [0, 0.1) is 0 Å². The van der Waals surface area contributed by atoms with Gasteiger partial charge in [0.05, 0.1) is 0 Å². The molecule has 0 N–H and O–H groups in total. The molecular weight excluding hydrogens is 3010 g/mol. The molecule has 0 spiro atoms. The Morgan fingerprint density at radius 1 is 0.0196 bits per heavy atom. The van der Waals surface area contributed by atoms with Gasteiger partial charge in [0, 0.05) is 856 Å². The molecule has 0 aliphatic heterocycles. The quantitative estimate of drug-likeness (QED) is 0.318. The average molecular weight is 3010 g/mol. The van der Waals surface area contributed by atoms with Gasteiger partial charge in [-0.05, 0) is 0 Å². The molecule has 0 aromatic rings. The van der Waals surface area contributed by atoms with Crippen LogP contribution in [0.1, 0.15) is 0 Å². The van der Waals surface area contributed by atoms with E-state index in [1.165, 1.54) is 0 Å². The normalized spacial score (nSPS) is 0. The van der Waals surface area contributed by atoms with Crippen molar-refractivity contribution in [2.75, 3.05) is 0 Å². The van der Waals surface area contributed by atoms with Gasteiger partial charge in [-0.25, -0.2) is 0 Å². The van der Waals surface area contributed by atoms with Gasteiger partial charge in [-0.15, -0.1) is 0 Å². The van der Waals surface area contributed by atoms with E-state index in [1.807, 2.05) is 0 Å². The van der Waals surface area contributed by atoms with Gasteiger partial charge in [-0.2, -0.15) is 0 Å². The Morgan fingerprint density at radius 2 is 0.0196 bits per heavy atom. The summed E-state index contributed by atoms with van der Waals surface area (Å²) < 4.78 is 0. The summed E-state index contributed by atoms with van der Waals surface area (Å²) in [5.74, 6) is 0. The average Bonchev–Trinajstić information content (AvgIpc) is 0. The van der Waals surface area contributed by atoms with E-state index in [0.717, 1.165) is 0 Å². The zero-order valence-corrected chi connectivity index (χ0v) is 70.1. The molecule has 0 aromatic carbocycles. The van der Waals surface area contributed by atoms with Crippen molar-refractivity contribution < 1.29 is 856 Å². The summed E-state index contributed by atoms with van der Waals surface area (Å²) in [4.78, 5) is 0. The van der Waals surface area contributed by atoms with Gasteiger partial charge in [-0.1, -0.05) is 0 Å². The van der Waals surface area contributed by atoms with Crippen molar-refractivity contribution in [2.45, 2.75) is 0 Å². The fraction of sp³-hybridized carbons (Fsp3) is 0. The summed E-state index contributed by atoms with van der Waals surface area (Å²) in [5, 5.41) is 0. The van der Waals surface area contributed by atoms with E-state index in [0.29, 0.717) is 0 Å². The molecule has 0 amide bonds. The Labute approximate surface area is 834 Å². The Hall–Kier alpha value is 25.8. The molecule has 0 fully saturated rings. The minimum absolute atomic E-state index is 0. The van der Waals surface area contributed by atoms with E-state index in [9.17, 15) is 0 Å². The molecule has 51 radical (unpaired) electrons. The predicted molar refractivity (Wildman–Crippen MR) is 0 cm³/mol. The van der Waals surface area contributed by atoms with Crippen molar-refractivity contribution in [3.05, 3.63) is 0 Å². The number of hydrogen-bond donors (Lipinski definition) is 0. The summed E-state index contributed by atoms with van der Waals surface area (Å²) in [6.45, 7) is 0. The van der Waals surface area contributed by atoms with Gasteiger partial charge in [0.2, 0.25) is 0 Å². The zero-order valence-electron chi connectivity index (χ0n) is 17.0. The first-order valence-corrected chi connectivity index (χ1v) is 0. The van der Waals surface area contributed by atoms with Gasteiger partial charge in [0.15, 0.2) is 0 Å². The maximum absolute atomic E-state index is 0. The second kappa shape index (κ2) is 636. The molecule has 0 nitrogen and oxygen atoms in total. The number of rotatable bonds is 0. The van der Waals surface area contributed by atoms with E-state index >= 15 is 0 Å². The second-order valence-corrected chi connectivity index (χ2v) is 0. The van der Waals surface area contributed by atoms with Crippen LogP contribution in [-0.4, -0.2) is 0 Å². The van der Waals surface area contributed by atoms with E-state index < -0.39 is 0 Å². The predicted octanol–water partition coefficient (Wildman–Crippen LogP) is -0.128. The van der Waals surface area contributed by atoms with Gasteiger partial charge in [0.25, 0.3) is 0 Å². The van der Waals surface area contributed by atoms with Gasteiger partial charge in [0.1, 0.15) is 0 Å². The van der Waals surface area contributed by atoms with Crippen molar-refractivity contribution in [3.8, 4) is 0 Å². The first-order chi connectivity index (χ1) is 0. The van der Waals surface area contributed by atoms with Gasteiger partial charge in [-0.3, -0.25) is 0 Å². The molecule has 51 heteroatoms. The van der Waals surface area contributed by atoms with Gasteiger partial charge >= 0.3 is 0 Å². The van der Waals surface area contributed by atoms with E-state index in [-0.39, 0.29) is 856 Å². The Kier molecular flexibility index (Phi) is 8260. The maximum Gasteiger partial charge on any atom is 0 e. The molecule has 0 aromatic heterocycles. The first kappa shape index (κ1) is 662. The van der Waals surface area contributed by atoms with Crippen molar-refractivity contribution >= 4 is 0 Å². The monoisotopic (exact) mass is 3010 g/mol. The van der Waals surface area contributed by atoms with Crippen molar-refractivity contribution in [1.29, 1.82) is 0 Å². The van der Waals surface area contributed by atoms with Crippen LogP contribution in [0.4, 0.5) is 0 Å². The fourth-order valence-corrected chi connectivity index (χ4v) is 0. The first-order valence-electron chi connectivity index (χ1n) is 0. The van der Waals surface area contributed by atoms with Crippen LogP contribution < -0.4 is 0 Å². The minimum Gasteiger partial charge on any atom is 0 e. The standard InChI is InChI=1S/51Co. The van der Waals surface area contributed by atoms with Crippen LogP contribution in [-0.2, 0) is 856 Å². The topological polar surface area (TPSA) is 0 Å². The van der Waals surface area contributed by atoms with E-state index in [4.69, 9.17) is 0 Å². The molecule has 0 unspecified atom stereocenters. The molecular formula is Co51. The summed E-state index contributed by atoms with van der Waals surface area (Å²) in [7, 11) is 0. The molecule has 0 aliphatic carbocycles. The van der Waals surface area contributed by atoms with Crippen molar-refractivity contribution in [1.82, 2.24) is 0 Å². The fourth-order valence-electron chi connectivity index (χ4n) is 0. The summed E-state index contributed by atoms with van der Waals surface area (Å²) in [5.41, 5.74) is 0. The van der Waals surface area contributed by atoms with Crippen molar-refractivity contribution in [2.24, 2.45) is 0 Å². The van der Waals surface area contributed by atoms with Crippen LogP contribution in [0.2, 0.25) is 0 Å². The second-order valence-electron chi connectivity index (χ2n) is 0. The molecule has 51 heavy (non-hydrogen) atoms. The molecule has 0 saturated carbocycles. The van der Waals surface area contributed by atoms with E-state index in [2.05, 4.69) is 0 Å². The smallest absolute Gasteiger partial charge is 0 e. The Morgan fingerprint density at radius 3 is 0.0196 bits per heavy atom. The van der Waals surface area contributed by atoms with E-state index in [1.54, 1.807) is 0 Å². The van der Waals surface area contributed by atoms with Crippen LogP contribution in [0.15, 0.2) is 0 Å². The van der Waals surface area contributed by atoms with Crippen LogP contribution in [0.3, 0.4) is 0 Å². The Balaban J connectivity index is 0. The van der Waals surface area contributed by atoms with Crippen molar-refractivity contribution in [3.63, 3.8) is 0 Å². The number of hydrogen-bond acceptors (Lipinski definition) is 0. The third-order valence-electron chi connectivity index (χ3n) is 0. The molecule has 0 bridgehead atoms. The minimum atomic E-state index is 0. The summed E-state index contributed by atoms with van der Waals surface area (Å²) in [6.07, 6.45) is 0. The zero-order chi connectivity index (χ0) is 0. The molecule has 0 atom stereocenters. The Bertz CT molecular complexity index is 0. The third kappa shape index (κ3) is 619. The largest absolute Gasteiger partial charge is 0 e. The van der Waals surface area contributed by atoms with Crippen LogP contribution >= 0.6 is 0 Å². The molecule has 459 valence electrons. The summed E-state index contributed by atoms with van der Waals surface area (Å²) in [6, 6.07) is 0. The third-order valence-corrected chi connectivity index (χ3v) is 0. The maximum atomic E-state index is 0. The molecule has 0 saturated heterocycles. The van der Waals surface area contributed by atoms with Gasteiger partial charge < -0.3 is 0 Å². The molecule has 0 aliphatic rings. The SMILES string of the molecule is [Co].[Co].[Co].[Co].[Co].[Co].[Co].[Co].[Co].[Co].[Co].[Co].[Co].[Co].[Co].[Co].[Co].[Co].[Co].[Co].[Co].[Co].[Co].[Co].[Co].[Co].[Co].[Co].[Co].[Co].[Co].[Co].[Co].[Co].[Co].[Co].[Co].[Co].[Co].[Co].[Co].[Co].[Co].[Co].[Co].[Co].[Co].[Co].[Co].[Co].[Co]. The van der Waals surface area contributed by atoms with Crippen LogP contribution in [0.5, 0.6) is 0 Å². The molecule has 0 heterocycles.